The lowest BCUT2D eigenvalue weighted by atomic mass is 10.0. The van der Waals surface area contributed by atoms with E-state index in [0.29, 0.717) is 6.42 Å². The highest BCUT2D eigenvalue weighted by molar-refractivity contribution is 5.46. The first-order valence-electron chi connectivity index (χ1n) is 6.51. The lowest BCUT2D eigenvalue weighted by Crippen LogP contribution is -2.17. The first kappa shape index (κ1) is 13.5. The molecule has 1 heterocycles. The summed E-state index contributed by atoms with van der Waals surface area (Å²) in [5, 5.41) is 4.16. The first-order valence-corrected chi connectivity index (χ1v) is 6.51. The van der Waals surface area contributed by atoms with Crippen LogP contribution in [0.5, 0.6) is 0 Å². The molecule has 0 fully saturated rings. The van der Waals surface area contributed by atoms with E-state index in [2.05, 4.69) is 46.2 Å². The first-order chi connectivity index (χ1) is 9.11. The number of aromatic nitrogens is 3. The molecular formula is C14H21N5. The predicted octanol–water partition coefficient (Wildman–Crippen LogP) is 1.61. The second kappa shape index (κ2) is 5.84. The van der Waals surface area contributed by atoms with Crippen molar-refractivity contribution in [1.82, 2.24) is 14.8 Å². The van der Waals surface area contributed by atoms with Gasteiger partial charge in [0.05, 0.1) is 0 Å². The van der Waals surface area contributed by atoms with E-state index >= 15 is 0 Å². The van der Waals surface area contributed by atoms with Gasteiger partial charge in [-0.05, 0) is 24.6 Å². The molecule has 2 aromatic rings. The van der Waals surface area contributed by atoms with Crippen LogP contribution in [-0.4, -0.2) is 28.9 Å². The van der Waals surface area contributed by atoms with Crippen LogP contribution in [0, 0.1) is 0 Å². The van der Waals surface area contributed by atoms with Gasteiger partial charge in [-0.3, -0.25) is 4.68 Å². The Bertz CT molecular complexity index is 515. The second-order valence-corrected chi connectivity index (χ2v) is 4.79. The molecule has 5 heteroatoms. The summed E-state index contributed by atoms with van der Waals surface area (Å²) >= 11 is 0. The summed E-state index contributed by atoms with van der Waals surface area (Å²) < 4.78 is 1.88. The minimum atomic E-state index is -0.0503. The summed E-state index contributed by atoms with van der Waals surface area (Å²) in [6.07, 6.45) is 2.29. The van der Waals surface area contributed by atoms with Crippen LogP contribution in [0.3, 0.4) is 0 Å². The van der Waals surface area contributed by atoms with Crippen LogP contribution in [0.2, 0.25) is 0 Å². The van der Waals surface area contributed by atoms with Crippen LogP contribution >= 0.6 is 0 Å². The van der Waals surface area contributed by atoms with Gasteiger partial charge >= 0.3 is 0 Å². The SMILES string of the molecule is CCn1ncnc1CC(N)c1ccc(N(C)C)cc1. The van der Waals surface area contributed by atoms with Gasteiger partial charge < -0.3 is 10.6 Å². The van der Waals surface area contributed by atoms with Crippen molar-refractivity contribution in [2.75, 3.05) is 19.0 Å². The molecule has 0 aliphatic rings. The molecule has 1 aromatic heterocycles. The highest BCUT2D eigenvalue weighted by atomic mass is 15.3. The summed E-state index contributed by atoms with van der Waals surface area (Å²) in [4.78, 5) is 6.33. The summed E-state index contributed by atoms with van der Waals surface area (Å²) in [7, 11) is 4.05. The molecule has 2 N–H and O–H groups in total. The van der Waals surface area contributed by atoms with Crippen LogP contribution in [0.4, 0.5) is 5.69 Å². The molecule has 0 bridgehead atoms. The number of nitrogens with zero attached hydrogens (tertiary/aromatic N) is 4. The van der Waals surface area contributed by atoms with Gasteiger partial charge in [0.25, 0.3) is 0 Å². The van der Waals surface area contributed by atoms with Gasteiger partial charge in [0.15, 0.2) is 0 Å². The highest BCUT2D eigenvalue weighted by Gasteiger charge is 2.11. The smallest absolute Gasteiger partial charge is 0.138 e. The lowest BCUT2D eigenvalue weighted by molar-refractivity contribution is 0.581. The van der Waals surface area contributed by atoms with Crippen molar-refractivity contribution in [3.63, 3.8) is 0 Å². The maximum atomic E-state index is 6.24. The van der Waals surface area contributed by atoms with Crippen LogP contribution in [-0.2, 0) is 13.0 Å². The topological polar surface area (TPSA) is 60.0 Å². The number of benzene rings is 1. The van der Waals surface area contributed by atoms with Gasteiger partial charge in [0.1, 0.15) is 12.2 Å². The standard InChI is InChI=1S/C14H21N5/c1-4-19-14(16-10-17-19)9-13(15)11-5-7-12(8-6-11)18(2)3/h5-8,10,13H,4,9,15H2,1-3H3. The van der Waals surface area contributed by atoms with Crippen molar-refractivity contribution in [2.45, 2.75) is 25.9 Å². The zero-order valence-electron chi connectivity index (χ0n) is 11.7. The summed E-state index contributed by atoms with van der Waals surface area (Å²) in [5.74, 6) is 0.937. The zero-order valence-corrected chi connectivity index (χ0v) is 11.7. The maximum Gasteiger partial charge on any atom is 0.138 e. The maximum absolute atomic E-state index is 6.24. The number of nitrogens with two attached hydrogens (primary N) is 1. The number of hydrogen-bond donors (Lipinski definition) is 1. The van der Waals surface area contributed by atoms with Gasteiger partial charge in [-0.2, -0.15) is 5.10 Å². The predicted molar refractivity (Wildman–Crippen MR) is 77.1 cm³/mol. The third-order valence-electron chi connectivity index (χ3n) is 3.24. The molecule has 2 rings (SSSR count). The molecule has 0 saturated heterocycles. The molecule has 5 nitrogen and oxygen atoms in total. The lowest BCUT2D eigenvalue weighted by Gasteiger charge is -2.15. The molecule has 0 aliphatic heterocycles. The van der Waals surface area contributed by atoms with E-state index in [1.165, 1.54) is 5.69 Å². The Morgan fingerprint density at radius 1 is 1.26 bits per heavy atom. The van der Waals surface area contributed by atoms with Gasteiger partial charge in [-0.15, -0.1) is 0 Å². The molecule has 102 valence electrons. The van der Waals surface area contributed by atoms with Crippen molar-refractivity contribution < 1.29 is 0 Å². The van der Waals surface area contributed by atoms with E-state index in [1.807, 2.05) is 18.8 Å². The minimum absolute atomic E-state index is 0.0503. The third kappa shape index (κ3) is 3.12. The van der Waals surface area contributed by atoms with Crippen molar-refractivity contribution >= 4 is 5.69 Å². The van der Waals surface area contributed by atoms with Crippen LogP contribution in [0.1, 0.15) is 24.4 Å². The Kier molecular flexibility index (Phi) is 4.16. The van der Waals surface area contributed by atoms with Crippen LogP contribution < -0.4 is 10.6 Å². The van der Waals surface area contributed by atoms with Gasteiger partial charge in [-0.1, -0.05) is 12.1 Å². The quantitative estimate of drug-likeness (QED) is 0.886. The Morgan fingerprint density at radius 2 is 1.95 bits per heavy atom. The zero-order chi connectivity index (χ0) is 13.8. The molecule has 1 aromatic carbocycles. The molecule has 0 radical (unpaired) electrons. The van der Waals surface area contributed by atoms with Crippen molar-refractivity contribution in [2.24, 2.45) is 5.73 Å². The average Bonchev–Trinajstić information content (AvgIpc) is 2.86. The van der Waals surface area contributed by atoms with Gasteiger partial charge in [0, 0.05) is 38.8 Å². The van der Waals surface area contributed by atoms with Crippen LogP contribution in [0.25, 0.3) is 0 Å². The number of anilines is 1. The van der Waals surface area contributed by atoms with Crippen molar-refractivity contribution in [1.29, 1.82) is 0 Å². The van der Waals surface area contributed by atoms with E-state index in [-0.39, 0.29) is 6.04 Å². The van der Waals surface area contributed by atoms with Gasteiger partial charge in [0.2, 0.25) is 0 Å². The second-order valence-electron chi connectivity index (χ2n) is 4.79. The molecule has 0 saturated carbocycles. The fourth-order valence-electron chi connectivity index (χ4n) is 2.04. The van der Waals surface area contributed by atoms with Gasteiger partial charge in [-0.25, -0.2) is 4.98 Å². The average molecular weight is 259 g/mol. The molecule has 0 spiro atoms. The molecule has 1 atom stereocenters. The van der Waals surface area contributed by atoms with E-state index in [9.17, 15) is 0 Å². The Balaban J connectivity index is 2.09. The summed E-state index contributed by atoms with van der Waals surface area (Å²) in [6, 6.07) is 8.27. The van der Waals surface area contributed by atoms with E-state index in [1.54, 1.807) is 6.33 Å². The molecular weight excluding hydrogens is 238 g/mol. The van der Waals surface area contributed by atoms with E-state index in [0.717, 1.165) is 17.9 Å². The molecule has 19 heavy (non-hydrogen) atoms. The fourth-order valence-corrected chi connectivity index (χ4v) is 2.04. The number of rotatable bonds is 5. The minimum Gasteiger partial charge on any atom is -0.378 e. The van der Waals surface area contributed by atoms with E-state index in [4.69, 9.17) is 5.73 Å². The number of hydrogen-bond acceptors (Lipinski definition) is 4. The third-order valence-corrected chi connectivity index (χ3v) is 3.24. The Morgan fingerprint density at radius 3 is 2.53 bits per heavy atom. The fraction of sp³-hybridized carbons (Fsp3) is 0.429. The Labute approximate surface area is 114 Å². The normalized spacial score (nSPS) is 12.4. The Hall–Kier alpha value is -1.88. The molecule has 0 aliphatic carbocycles. The molecule has 0 amide bonds. The number of aryl methyl sites for hydroxylation is 1. The monoisotopic (exact) mass is 259 g/mol. The summed E-state index contributed by atoms with van der Waals surface area (Å²) in [6.45, 7) is 2.87. The summed E-state index contributed by atoms with van der Waals surface area (Å²) in [5.41, 5.74) is 8.54. The van der Waals surface area contributed by atoms with Crippen molar-refractivity contribution in [3.8, 4) is 0 Å². The molecule has 1 unspecified atom stereocenters. The van der Waals surface area contributed by atoms with E-state index < -0.39 is 0 Å². The van der Waals surface area contributed by atoms with Crippen LogP contribution in [0.15, 0.2) is 30.6 Å². The van der Waals surface area contributed by atoms with Crippen molar-refractivity contribution in [3.05, 3.63) is 42.0 Å². The largest absolute Gasteiger partial charge is 0.378 e. The highest BCUT2D eigenvalue weighted by Crippen LogP contribution is 2.18.